The van der Waals surface area contributed by atoms with Crippen molar-refractivity contribution in [3.63, 3.8) is 0 Å². The second kappa shape index (κ2) is 19.2. The van der Waals surface area contributed by atoms with Crippen molar-refractivity contribution in [3.05, 3.63) is 291 Å². The Bertz CT molecular complexity index is 4210. The largest absolute Gasteiger partial charge is 0.311 e. The molecule has 2 heterocycles. The molecule has 0 amide bonds. The number of allylic oxidation sites excluding steroid dienone is 4. The predicted molar refractivity (Wildman–Crippen MR) is 322 cm³/mol. The minimum Gasteiger partial charge on any atom is -0.311 e. The number of rotatable bonds is 11. The lowest BCUT2D eigenvalue weighted by Crippen LogP contribution is -2.09. The van der Waals surface area contributed by atoms with Crippen LogP contribution in [0.3, 0.4) is 0 Å². The van der Waals surface area contributed by atoms with E-state index in [0.717, 1.165) is 52.7 Å². The van der Waals surface area contributed by atoms with Gasteiger partial charge in [0.05, 0.1) is 22.1 Å². The molecule has 0 radical (unpaired) electrons. The van der Waals surface area contributed by atoms with Crippen LogP contribution in [0.1, 0.15) is 12.8 Å². The molecular formula is C72H52N4. The Morgan fingerprint density at radius 2 is 0.566 bits per heavy atom. The summed E-state index contributed by atoms with van der Waals surface area (Å²) in [6, 6.07) is 99.2. The van der Waals surface area contributed by atoms with E-state index in [1.807, 2.05) is 0 Å². The van der Waals surface area contributed by atoms with Crippen molar-refractivity contribution in [1.82, 2.24) is 9.13 Å². The molecule has 2 aromatic heterocycles. The van der Waals surface area contributed by atoms with Gasteiger partial charge in [0.15, 0.2) is 0 Å². The van der Waals surface area contributed by atoms with Crippen LogP contribution < -0.4 is 9.80 Å². The van der Waals surface area contributed by atoms with Crippen molar-refractivity contribution in [2.45, 2.75) is 12.8 Å². The van der Waals surface area contributed by atoms with Crippen LogP contribution in [0.4, 0.5) is 34.1 Å². The number of hydrogen-bond donors (Lipinski definition) is 0. The number of fused-ring (bicyclic) bond motifs is 6. The van der Waals surface area contributed by atoms with Gasteiger partial charge in [-0.1, -0.05) is 152 Å². The third-order valence-corrected chi connectivity index (χ3v) is 15.1. The van der Waals surface area contributed by atoms with Crippen LogP contribution in [0.15, 0.2) is 291 Å². The molecule has 0 N–H and O–H groups in total. The smallest absolute Gasteiger partial charge is 0.0541 e. The lowest BCUT2D eigenvalue weighted by atomic mass is 9.98. The molecule has 4 heteroatoms. The quantitative estimate of drug-likeness (QED) is 0.128. The first-order valence-corrected chi connectivity index (χ1v) is 26.3. The summed E-state index contributed by atoms with van der Waals surface area (Å²) in [5.41, 5.74) is 21.0. The zero-order valence-electron chi connectivity index (χ0n) is 41.9. The zero-order valence-corrected chi connectivity index (χ0v) is 41.9. The molecule has 14 rings (SSSR count). The first-order valence-electron chi connectivity index (χ1n) is 26.3. The van der Waals surface area contributed by atoms with Gasteiger partial charge in [0.1, 0.15) is 0 Å². The monoisotopic (exact) mass is 972 g/mol. The molecule has 1 aliphatic rings. The van der Waals surface area contributed by atoms with Crippen molar-refractivity contribution in [1.29, 1.82) is 0 Å². The number of nitrogens with zero attached hydrogens (tertiary/aromatic N) is 4. The fraction of sp³-hybridized carbons (Fsp3) is 0.0278. The number of anilines is 6. The van der Waals surface area contributed by atoms with E-state index in [9.17, 15) is 0 Å². The fourth-order valence-corrected chi connectivity index (χ4v) is 11.5. The van der Waals surface area contributed by atoms with Crippen molar-refractivity contribution in [2.75, 3.05) is 9.80 Å². The summed E-state index contributed by atoms with van der Waals surface area (Å²) in [4.78, 5) is 4.63. The molecule has 0 saturated heterocycles. The lowest BCUT2D eigenvalue weighted by Gasteiger charge is -2.25. The van der Waals surface area contributed by atoms with Gasteiger partial charge in [-0.3, -0.25) is 0 Å². The Morgan fingerprint density at radius 1 is 0.263 bits per heavy atom. The molecule has 4 nitrogen and oxygen atoms in total. The molecule has 13 aromatic rings. The maximum absolute atomic E-state index is 2.46. The van der Waals surface area contributed by atoms with Crippen LogP contribution in [0.2, 0.25) is 0 Å². The summed E-state index contributed by atoms with van der Waals surface area (Å²) in [6.07, 6.45) is 9.07. The summed E-state index contributed by atoms with van der Waals surface area (Å²) in [5, 5.41) is 4.91. The second-order valence-corrected chi connectivity index (χ2v) is 19.6. The second-order valence-electron chi connectivity index (χ2n) is 19.6. The molecule has 0 atom stereocenters. The minimum atomic E-state index is 1.03. The van der Waals surface area contributed by atoms with Crippen LogP contribution >= 0.6 is 0 Å². The van der Waals surface area contributed by atoms with E-state index in [2.05, 4.69) is 310 Å². The molecule has 11 aromatic carbocycles. The highest BCUT2D eigenvalue weighted by Crippen LogP contribution is 2.43. The summed E-state index contributed by atoms with van der Waals surface area (Å²) in [6.45, 7) is 0. The van der Waals surface area contributed by atoms with E-state index in [1.165, 1.54) is 82.7 Å². The zero-order chi connectivity index (χ0) is 50.4. The molecule has 0 spiro atoms. The highest BCUT2D eigenvalue weighted by molar-refractivity contribution is 6.14. The molecule has 360 valence electrons. The molecule has 0 unspecified atom stereocenters. The molecule has 76 heavy (non-hydrogen) atoms. The minimum absolute atomic E-state index is 1.03. The van der Waals surface area contributed by atoms with E-state index < -0.39 is 0 Å². The maximum Gasteiger partial charge on any atom is 0.0541 e. The van der Waals surface area contributed by atoms with Crippen molar-refractivity contribution in [2.24, 2.45) is 0 Å². The van der Waals surface area contributed by atoms with Crippen LogP contribution in [0, 0.1) is 0 Å². The molecule has 0 aliphatic heterocycles. The Morgan fingerprint density at radius 3 is 0.908 bits per heavy atom. The van der Waals surface area contributed by atoms with Crippen LogP contribution in [0.5, 0.6) is 0 Å². The van der Waals surface area contributed by atoms with Gasteiger partial charge in [0, 0.05) is 67.1 Å². The van der Waals surface area contributed by atoms with Crippen LogP contribution in [-0.2, 0) is 0 Å². The van der Waals surface area contributed by atoms with Gasteiger partial charge in [-0.15, -0.1) is 0 Å². The third kappa shape index (κ3) is 8.05. The number of hydrogen-bond acceptors (Lipinski definition) is 2. The van der Waals surface area contributed by atoms with E-state index in [-0.39, 0.29) is 0 Å². The van der Waals surface area contributed by atoms with Gasteiger partial charge in [-0.25, -0.2) is 0 Å². The van der Waals surface area contributed by atoms with Crippen molar-refractivity contribution >= 4 is 83.4 Å². The predicted octanol–water partition coefficient (Wildman–Crippen LogP) is 20.0. The Labute approximate surface area is 443 Å². The van der Waals surface area contributed by atoms with Crippen LogP contribution in [0.25, 0.3) is 88.4 Å². The number of para-hydroxylation sites is 5. The highest BCUT2D eigenvalue weighted by atomic mass is 15.1. The summed E-state index contributed by atoms with van der Waals surface area (Å²) < 4.78 is 4.87. The summed E-state index contributed by atoms with van der Waals surface area (Å²) in [7, 11) is 0. The van der Waals surface area contributed by atoms with Gasteiger partial charge in [0.25, 0.3) is 0 Å². The Balaban J connectivity index is 0.872. The molecule has 1 aliphatic carbocycles. The summed E-state index contributed by atoms with van der Waals surface area (Å²) >= 11 is 0. The lowest BCUT2D eigenvalue weighted by molar-refractivity contribution is 1.02. The third-order valence-electron chi connectivity index (χ3n) is 15.1. The normalized spacial score (nSPS) is 12.4. The average Bonchev–Trinajstić information content (AvgIpc) is 4.06. The number of aromatic nitrogens is 2. The molecular weight excluding hydrogens is 921 g/mol. The topological polar surface area (TPSA) is 16.3 Å². The Hall–Kier alpha value is -9.90. The average molecular weight is 973 g/mol. The van der Waals surface area contributed by atoms with E-state index in [4.69, 9.17) is 0 Å². The molecule has 0 fully saturated rings. The SMILES string of the molecule is C1=CC(n2c3ccc(-c4ccc(N(c5ccccc5)c5ccccc5)cc4)cc3c3cc(-c4ccc5c(c4)c4cc(-c6ccc(N(c7ccccc7)c7ccccc7)cc6)ccc4n5-c4ccccc4)ccc32)=CCC1. The summed E-state index contributed by atoms with van der Waals surface area (Å²) in [5.74, 6) is 0. The van der Waals surface area contributed by atoms with Gasteiger partial charge in [0.2, 0.25) is 0 Å². The van der Waals surface area contributed by atoms with E-state index in [0.29, 0.717) is 0 Å². The van der Waals surface area contributed by atoms with Gasteiger partial charge in [-0.2, -0.15) is 0 Å². The van der Waals surface area contributed by atoms with Gasteiger partial charge in [-0.05, 0) is 186 Å². The number of benzene rings is 11. The highest BCUT2D eigenvalue weighted by Gasteiger charge is 2.20. The Kier molecular flexibility index (Phi) is 11.3. The van der Waals surface area contributed by atoms with Crippen molar-refractivity contribution < 1.29 is 0 Å². The van der Waals surface area contributed by atoms with Gasteiger partial charge < -0.3 is 18.9 Å². The standard InChI is InChI=1S/C72H52N4/c1-7-19-57(20-8-1)73(58-21-9-2-10-22-58)63-39-31-51(32-40-63)53-35-43-69-65(47-53)67-49-55(37-45-71(67)75(69)61-27-15-5-16-28-61)56-38-46-72-68(50-56)66-48-54(36-44-70(66)76(72)62-29-17-6-18-30-62)52-33-41-64(42-34-52)74(59-23-11-3-12-24-59)60-25-13-4-14-26-60/h1-5,7-17,19-50H,6,18H2. The van der Waals surface area contributed by atoms with Crippen molar-refractivity contribution in [3.8, 4) is 39.1 Å². The van der Waals surface area contributed by atoms with E-state index in [1.54, 1.807) is 0 Å². The first kappa shape index (κ1) is 44.8. The van der Waals surface area contributed by atoms with E-state index >= 15 is 0 Å². The maximum atomic E-state index is 2.46. The fourth-order valence-electron chi connectivity index (χ4n) is 11.5. The first-order chi connectivity index (χ1) is 37.7. The van der Waals surface area contributed by atoms with Crippen LogP contribution in [-0.4, -0.2) is 9.13 Å². The molecule has 0 saturated carbocycles. The van der Waals surface area contributed by atoms with Gasteiger partial charge >= 0.3 is 0 Å². The molecule has 0 bridgehead atoms.